The molecule has 0 bridgehead atoms. The van der Waals surface area contributed by atoms with Crippen LogP contribution in [0.25, 0.3) is 0 Å². The van der Waals surface area contributed by atoms with Gasteiger partial charge in [-0.1, -0.05) is 23.8 Å². The van der Waals surface area contributed by atoms with E-state index in [-0.39, 0.29) is 23.7 Å². The van der Waals surface area contributed by atoms with Crippen molar-refractivity contribution in [3.8, 4) is 0 Å². The molecule has 2 aliphatic rings. The third-order valence-electron chi connectivity index (χ3n) is 5.16. The van der Waals surface area contributed by atoms with E-state index in [4.69, 9.17) is 9.92 Å². The summed E-state index contributed by atoms with van der Waals surface area (Å²) in [6.45, 7) is 4.80. The summed E-state index contributed by atoms with van der Waals surface area (Å²) >= 11 is 0. The van der Waals surface area contributed by atoms with Crippen molar-refractivity contribution in [3.05, 3.63) is 42.5 Å². The average Bonchev–Trinajstić information content (AvgIpc) is 3.49. The standard InChI is InChI=1S/C17H22N2O6S2/c1-3-13-10-17(13,18)15(20)19-27(23,24)16(8-9-16)11-25-26(21,22)14-6-4-12(2)5-7-14/h3-7,13H,1,8-11,18H2,2H3,(H,19,20). The molecule has 0 heterocycles. The second-order valence-corrected chi connectivity index (χ2v) is 10.9. The number of hydrogen-bond acceptors (Lipinski definition) is 7. The number of benzene rings is 1. The number of sulfonamides is 1. The molecule has 27 heavy (non-hydrogen) atoms. The number of amides is 1. The first-order chi connectivity index (χ1) is 12.5. The summed E-state index contributed by atoms with van der Waals surface area (Å²) in [6, 6.07) is 6.02. The van der Waals surface area contributed by atoms with Gasteiger partial charge >= 0.3 is 0 Å². The Balaban J connectivity index is 1.68. The van der Waals surface area contributed by atoms with Crippen LogP contribution in [0.2, 0.25) is 0 Å². The highest BCUT2D eigenvalue weighted by molar-refractivity contribution is 7.92. The molecule has 1 aromatic carbocycles. The number of carbonyl (C=O) groups is 1. The largest absolute Gasteiger partial charge is 0.317 e. The highest BCUT2D eigenvalue weighted by atomic mass is 32.2. The van der Waals surface area contributed by atoms with Crippen LogP contribution in [0.3, 0.4) is 0 Å². The molecule has 0 radical (unpaired) electrons. The van der Waals surface area contributed by atoms with E-state index in [1.807, 2.05) is 11.6 Å². The highest BCUT2D eigenvalue weighted by Crippen LogP contribution is 2.46. The summed E-state index contributed by atoms with van der Waals surface area (Å²) in [4.78, 5) is 12.2. The first kappa shape index (κ1) is 20.0. The lowest BCUT2D eigenvalue weighted by Crippen LogP contribution is -2.50. The SMILES string of the molecule is C=CC1CC1(N)C(=O)NS(=O)(=O)C1(COS(=O)(=O)c2ccc(C)cc2)CC1. The van der Waals surface area contributed by atoms with E-state index in [0.29, 0.717) is 6.42 Å². The second-order valence-electron chi connectivity index (χ2n) is 7.23. The molecule has 2 saturated carbocycles. The fourth-order valence-electron chi connectivity index (χ4n) is 2.77. The molecule has 2 aliphatic carbocycles. The molecule has 148 valence electrons. The van der Waals surface area contributed by atoms with Crippen molar-refractivity contribution >= 4 is 26.0 Å². The van der Waals surface area contributed by atoms with Gasteiger partial charge in [0, 0.05) is 5.92 Å². The fourth-order valence-corrected chi connectivity index (χ4v) is 5.34. The van der Waals surface area contributed by atoms with Gasteiger partial charge in [0.25, 0.3) is 16.0 Å². The lowest BCUT2D eigenvalue weighted by molar-refractivity contribution is -0.121. The first-order valence-electron chi connectivity index (χ1n) is 8.40. The Bertz CT molecular complexity index is 981. The van der Waals surface area contributed by atoms with Crippen LogP contribution in [-0.4, -0.2) is 39.6 Å². The van der Waals surface area contributed by atoms with Crippen molar-refractivity contribution < 1.29 is 25.8 Å². The van der Waals surface area contributed by atoms with Crippen LogP contribution >= 0.6 is 0 Å². The Labute approximate surface area is 159 Å². The Hall–Kier alpha value is -1.75. The maximum absolute atomic E-state index is 12.6. The van der Waals surface area contributed by atoms with Gasteiger partial charge in [-0.15, -0.1) is 6.58 Å². The van der Waals surface area contributed by atoms with Crippen LogP contribution < -0.4 is 10.5 Å². The number of carbonyl (C=O) groups excluding carboxylic acids is 1. The van der Waals surface area contributed by atoms with E-state index in [2.05, 4.69) is 6.58 Å². The van der Waals surface area contributed by atoms with E-state index in [1.54, 1.807) is 12.1 Å². The molecule has 2 unspecified atom stereocenters. The number of nitrogens with two attached hydrogens (primary N) is 1. The van der Waals surface area contributed by atoms with Crippen LogP contribution in [0, 0.1) is 12.8 Å². The van der Waals surface area contributed by atoms with Gasteiger partial charge in [0.2, 0.25) is 10.0 Å². The smallest absolute Gasteiger partial charge is 0.297 e. The molecule has 3 rings (SSSR count). The zero-order valence-corrected chi connectivity index (χ0v) is 16.5. The van der Waals surface area contributed by atoms with Crippen molar-refractivity contribution in [3.63, 3.8) is 0 Å². The summed E-state index contributed by atoms with van der Waals surface area (Å²) in [7, 11) is -8.24. The molecule has 1 aromatic rings. The molecule has 0 spiro atoms. The predicted octanol–water partition coefficient (Wildman–Crippen LogP) is 0.582. The molecule has 2 fully saturated rings. The number of nitrogens with one attached hydrogen (secondary N) is 1. The van der Waals surface area contributed by atoms with Crippen molar-refractivity contribution in [1.29, 1.82) is 0 Å². The van der Waals surface area contributed by atoms with E-state index in [1.165, 1.54) is 18.2 Å². The molecule has 0 aliphatic heterocycles. The predicted molar refractivity (Wildman–Crippen MR) is 98.6 cm³/mol. The molecule has 3 N–H and O–H groups in total. The summed E-state index contributed by atoms with van der Waals surface area (Å²) in [5.74, 6) is -1.08. The molecular formula is C17H22N2O6S2. The Morgan fingerprint density at radius 1 is 1.30 bits per heavy atom. The third kappa shape index (κ3) is 3.66. The Morgan fingerprint density at radius 2 is 1.89 bits per heavy atom. The normalized spacial score (nSPS) is 26.2. The zero-order valence-electron chi connectivity index (χ0n) is 14.8. The maximum atomic E-state index is 12.6. The van der Waals surface area contributed by atoms with Crippen LogP contribution in [0.1, 0.15) is 24.8 Å². The molecular weight excluding hydrogens is 392 g/mol. The summed E-state index contributed by atoms with van der Waals surface area (Å²) in [5, 5.41) is 0. The number of rotatable bonds is 8. The van der Waals surface area contributed by atoms with Gasteiger partial charge in [0.15, 0.2) is 0 Å². The Kier molecular flexibility index (Phi) is 4.74. The van der Waals surface area contributed by atoms with Gasteiger partial charge in [-0.25, -0.2) is 8.42 Å². The van der Waals surface area contributed by atoms with Crippen molar-refractivity contribution in [2.45, 2.75) is 41.4 Å². The van der Waals surface area contributed by atoms with E-state index in [0.717, 1.165) is 5.56 Å². The van der Waals surface area contributed by atoms with Crippen molar-refractivity contribution in [1.82, 2.24) is 4.72 Å². The number of aryl methyl sites for hydroxylation is 1. The van der Waals surface area contributed by atoms with Crippen LogP contribution in [0.15, 0.2) is 41.8 Å². The topological polar surface area (TPSA) is 133 Å². The minimum Gasteiger partial charge on any atom is -0.317 e. The Morgan fingerprint density at radius 3 is 2.37 bits per heavy atom. The summed E-state index contributed by atoms with van der Waals surface area (Å²) in [6.07, 6.45) is 2.22. The molecule has 1 amide bonds. The minimum absolute atomic E-state index is 0.0574. The second kappa shape index (κ2) is 6.40. The van der Waals surface area contributed by atoms with Gasteiger partial charge in [-0.2, -0.15) is 8.42 Å². The van der Waals surface area contributed by atoms with E-state index >= 15 is 0 Å². The monoisotopic (exact) mass is 414 g/mol. The first-order valence-corrected chi connectivity index (χ1v) is 11.3. The van der Waals surface area contributed by atoms with Gasteiger partial charge in [-0.3, -0.25) is 13.7 Å². The van der Waals surface area contributed by atoms with Gasteiger partial charge in [0.1, 0.15) is 10.3 Å². The highest BCUT2D eigenvalue weighted by Gasteiger charge is 2.60. The minimum atomic E-state index is -4.14. The summed E-state index contributed by atoms with van der Waals surface area (Å²) < 4.78 is 55.3. The molecule has 8 nitrogen and oxygen atoms in total. The molecule has 0 saturated heterocycles. The fraction of sp³-hybridized carbons (Fsp3) is 0.471. The molecule has 0 aromatic heterocycles. The average molecular weight is 415 g/mol. The maximum Gasteiger partial charge on any atom is 0.297 e. The summed E-state index contributed by atoms with van der Waals surface area (Å²) in [5.41, 5.74) is 5.48. The lowest BCUT2D eigenvalue weighted by Gasteiger charge is -2.19. The van der Waals surface area contributed by atoms with Crippen LogP contribution in [0.4, 0.5) is 0 Å². The van der Waals surface area contributed by atoms with Crippen LogP contribution in [-0.2, 0) is 29.1 Å². The van der Waals surface area contributed by atoms with Gasteiger partial charge in [-0.05, 0) is 38.3 Å². The molecule has 10 heteroatoms. The van der Waals surface area contributed by atoms with Gasteiger partial charge in [0.05, 0.1) is 11.5 Å². The third-order valence-corrected chi connectivity index (χ3v) is 8.56. The van der Waals surface area contributed by atoms with E-state index in [9.17, 15) is 21.6 Å². The quantitative estimate of drug-likeness (QED) is 0.470. The van der Waals surface area contributed by atoms with Gasteiger partial charge < -0.3 is 5.73 Å². The zero-order chi connectivity index (χ0) is 20.1. The van der Waals surface area contributed by atoms with E-state index < -0.39 is 42.9 Å². The van der Waals surface area contributed by atoms with Crippen molar-refractivity contribution in [2.24, 2.45) is 11.7 Å². The van der Waals surface area contributed by atoms with Crippen LogP contribution in [0.5, 0.6) is 0 Å². The lowest BCUT2D eigenvalue weighted by atomic mass is 10.2. The number of hydrogen-bond donors (Lipinski definition) is 2. The molecule has 2 atom stereocenters. The van der Waals surface area contributed by atoms with Crippen molar-refractivity contribution in [2.75, 3.05) is 6.61 Å².